The van der Waals surface area contributed by atoms with Crippen LogP contribution in [0.5, 0.6) is 0 Å². The molecule has 98 valence electrons. The van der Waals surface area contributed by atoms with Gasteiger partial charge in [0.05, 0.1) is 5.92 Å². The number of nitrogens with one attached hydrogen (secondary N) is 2. The Morgan fingerprint density at radius 1 is 1.24 bits per heavy atom. The molecule has 2 fully saturated rings. The Hall–Kier alpha value is -0.570. The highest BCUT2D eigenvalue weighted by Crippen LogP contribution is 2.67. The molecule has 2 atom stereocenters. The zero-order valence-electron chi connectivity index (χ0n) is 11.8. The van der Waals surface area contributed by atoms with Gasteiger partial charge in [0.15, 0.2) is 0 Å². The summed E-state index contributed by atoms with van der Waals surface area (Å²) in [6.45, 7) is 14.0. The summed E-state index contributed by atoms with van der Waals surface area (Å²) >= 11 is 0. The zero-order chi connectivity index (χ0) is 12.8. The summed E-state index contributed by atoms with van der Waals surface area (Å²) in [5.74, 6) is 1.49. The van der Waals surface area contributed by atoms with Crippen molar-refractivity contribution in [3.63, 3.8) is 0 Å². The standard InChI is InChI=1S/C14H26N2O/c1-9-6-15-7-10(9)12(17)16-8-11-13(2,3)14(11,4)5/h9-11,15H,6-8H2,1-5H3,(H,16,17). The van der Waals surface area contributed by atoms with Crippen molar-refractivity contribution in [2.75, 3.05) is 19.6 Å². The fraction of sp³-hybridized carbons (Fsp3) is 0.929. The molecule has 1 aliphatic carbocycles. The van der Waals surface area contributed by atoms with Gasteiger partial charge in [-0.1, -0.05) is 34.6 Å². The summed E-state index contributed by atoms with van der Waals surface area (Å²) in [4.78, 5) is 12.1. The molecule has 1 saturated heterocycles. The van der Waals surface area contributed by atoms with Crippen LogP contribution in [0.1, 0.15) is 34.6 Å². The van der Waals surface area contributed by atoms with E-state index in [2.05, 4.69) is 45.3 Å². The summed E-state index contributed by atoms with van der Waals surface area (Å²) in [6, 6.07) is 0. The van der Waals surface area contributed by atoms with Crippen LogP contribution in [-0.4, -0.2) is 25.5 Å². The molecular formula is C14H26N2O. The van der Waals surface area contributed by atoms with Gasteiger partial charge in [0.2, 0.25) is 5.91 Å². The first-order valence-corrected chi connectivity index (χ1v) is 6.77. The minimum absolute atomic E-state index is 0.167. The predicted octanol–water partition coefficient (Wildman–Crippen LogP) is 1.64. The van der Waals surface area contributed by atoms with Crippen molar-refractivity contribution in [3.8, 4) is 0 Å². The molecule has 1 amide bonds. The minimum Gasteiger partial charge on any atom is -0.355 e. The molecule has 2 unspecified atom stereocenters. The number of hydrogen-bond donors (Lipinski definition) is 2. The second-order valence-electron chi connectivity index (χ2n) is 6.98. The van der Waals surface area contributed by atoms with E-state index in [0.717, 1.165) is 19.6 Å². The number of amides is 1. The van der Waals surface area contributed by atoms with Gasteiger partial charge in [0, 0.05) is 13.1 Å². The molecule has 0 aromatic heterocycles. The van der Waals surface area contributed by atoms with Crippen LogP contribution in [0.4, 0.5) is 0 Å². The first-order valence-electron chi connectivity index (χ1n) is 6.77. The Morgan fingerprint density at radius 3 is 2.24 bits per heavy atom. The molecule has 0 radical (unpaired) electrons. The molecule has 0 aromatic rings. The molecule has 2 aliphatic rings. The second kappa shape index (κ2) is 3.98. The van der Waals surface area contributed by atoms with E-state index in [4.69, 9.17) is 0 Å². The van der Waals surface area contributed by atoms with Gasteiger partial charge in [-0.15, -0.1) is 0 Å². The van der Waals surface area contributed by atoms with E-state index in [1.807, 2.05) is 0 Å². The smallest absolute Gasteiger partial charge is 0.224 e. The predicted molar refractivity (Wildman–Crippen MR) is 69.6 cm³/mol. The first kappa shape index (κ1) is 12.9. The monoisotopic (exact) mass is 238 g/mol. The minimum atomic E-state index is 0.167. The summed E-state index contributed by atoms with van der Waals surface area (Å²) in [5.41, 5.74) is 0.722. The number of rotatable bonds is 3. The zero-order valence-corrected chi connectivity index (χ0v) is 11.8. The van der Waals surface area contributed by atoms with Gasteiger partial charge in [-0.25, -0.2) is 0 Å². The third-order valence-corrected chi connectivity index (χ3v) is 5.65. The van der Waals surface area contributed by atoms with E-state index in [1.54, 1.807) is 0 Å². The largest absolute Gasteiger partial charge is 0.355 e. The highest BCUT2D eigenvalue weighted by atomic mass is 16.1. The van der Waals surface area contributed by atoms with E-state index < -0.39 is 0 Å². The molecule has 1 heterocycles. The van der Waals surface area contributed by atoms with Crippen molar-refractivity contribution in [2.24, 2.45) is 28.6 Å². The lowest BCUT2D eigenvalue weighted by atomic mass is 9.97. The van der Waals surface area contributed by atoms with Gasteiger partial charge < -0.3 is 10.6 Å². The van der Waals surface area contributed by atoms with E-state index in [1.165, 1.54) is 0 Å². The molecule has 3 heteroatoms. The van der Waals surface area contributed by atoms with Crippen LogP contribution in [0.25, 0.3) is 0 Å². The highest BCUT2D eigenvalue weighted by molar-refractivity contribution is 5.79. The van der Waals surface area contributed by atoms with Crippen molar-refractivity contribution < 1.29 is 4.79 Å². The summed E-state index contributed by atoms with van der Waals surface area (Å²) in [6.07, 6.45) is 0. The summed E-state index contributed by atoms with van der Waals surface area (Å²) in [5, 5.41) is 6.43. The molecule has 17 heavy (non-hydrogen) atoms. The van der Waals surface area contributed by atoms with Gasteiger partial charge in [-0.05, 0) is 29.2 Å². The Morgan fingerprint density at radius 2 is 1.82 bits per heavy atom. The van der Waals surface area contributed by atoms with Crippen molar-refractivity contribution in [3.05, 3.63) is 0 Å². The highest BCUT2D eigenvalue weighted by Gasteiger charge is 2.64. The summed E-state index contributed by atoms with van der Waals surface area (Å²) in [7, 11) is 0. The molecule has 0 aromatic carbocycles. The molecule has 3 nitrogen and oxygen atoms in total. The van der Waals surface area contributed by atoms with Crippen molar-refractivity contribution in [1.29, 1.82) is 0 Å². The first-order chi connectivity index (χ1) is 7.78. The topological polar surface area (TPSA) is 41.1 Å². The fourth-order valence-corrected chi connectivity index (χ4v) is 3.34. The number of carbonyl (C=O) groups excluding carboxylic acids is 1. The van der Waals surface area contributed by atoms with Gasteiger partial charge in [0.25, 0.3) is 0 Å². The van der Waals surface area contributed by atoms with Crippen LogP contribution in [0.15, 0.2) is 0 Å². The van der Waals surface area contributed by atoms with Crippen molar-refractivity contribution in [1.82, 2.24) is 10.6 Å². The quantitative estimate of drug-likeness (QED) is 0.785. The SMILES string of the molecule is CC1CNCC1C(=O)NCC1C(C)(C)C1(C)C. The van der Waals surface area contributed by atoms with Crippen LogP contribution in [0.2, 0.25) is 0 Å². The molecule has 1 saturated carbocycles. The third-order valence-electron chi connectivity index (χ3n) is 5.65. The molecule has 2 rings (SSSR count). The fourth-order valence-electron chi connectivity index (χ4n) is 3.34. The van der Waals surface area contributed by atoms with E-state index in [9.17, 15) is 4.79 Å². The Kier molecular flexibility index (Phi) is 3.01. The second-order valence-corrected chi connectivity index (χ2v) is 6.98. The Bertz CT molecular complexity index is 308. The van der Waals surface area contributed by atoms with Crippen LogP contribution >= 0.6 is 0 Å². The molecule has 1 aliphatic heterocycles. The third kappa shape index (κ3) is 1.99. The van der Waals surface area contributed by atoms with Crippen LogP contribution < -0.4 is 10.6 Å². The van der Waals surface area contributed by atoms with E-state index in [0.29, 0.717) is 22.7 Å². The average molecular weight is 238 g/mol. The lowest BCUT2D eigenvalue weighted by Crippen LogP contribution is -2.36. The van der Waals surface area contributed by atoms with Gasteiger partial charge in [-0.2, -0.15) is 0 Å². The molecular weight excluding hydrogens is 212 g/mol. The Balaban J connectivity index is 1.82. The van der Waals surface area contributed by atoms with Gasteiger partial charge in [0.1, 0.15) is 0 Å². The van der Waals surface area contributed by atoms with Gasteiger partial charge in [-0.3, -0.25) is 4.79 Å². The lowest BCUT2D eigenvalue weighted by Gasteiger charge is -2.14. The van der Waals surface area contributed by atoms with Crippen molar-refractivity contribution in [2.45, 2.75) is 34.6 Å². The molecule has 0 bridgehead atoms. The van der Waals surface area contributed by atoms with Crippen molar-refractivity contribution >= 4 is 5.91 Å². The summed E-state index contributed by atoms with van der Waals surface area (Å²) < 4.78 is 0. The van der Waals surface area contributed by atoms with E-state index in [-0.39, 0.29) is 11.8 Å². The number of carbonyl (C=O) groups is 1. The number of hydrogen-bond acceptors (Lipinski definition) is 2. The molecule has 2 N–H and O–H groups in total. The lowest BCUT2D eigenvalue weighted by molar-refractivity contribution is -0.125. The Labute approximate surface area is 105 Å². The van der Waals surface area contributed by atoms with Crippen LogP contribution in [0, 0.1) is 28.6 Å². The molecule has 0 spiro atoms. The maximum Gasteiger partial charge on any atom is 0.224 e. The van der Waals surface area contributed by atoms with Crippen LogP contribution in [-0.2, 0) is 4.79 Å². The normalized spacial score (nSPS) is 34.6. The maximum atomic E-state index is 12.1. The van der Waals surface area contributed by atoms with Crippen LogP contribution in [0.3, 0.4) is 0 Å². The van der Waals surface area contributed by atoms with Gasteiger partial charge >= 0.3 is 0 Å². The maximum absolute atomic E-state index is 12.1. The average Bonchev–Trinajstić information content (AvgIpc) is 2.55. The van der Waals surface area contributed by atoms with E-state index >= 15 is 0 Å².